The number of thiazole rings is 1. The van der Waals surface area contributed by atoms with E-state index in [2.05, 4.69) is 9.88 Å². The normalized spacial score (nSPS) is 14.9. The Morgan fingerprint density at radius 1 is 1.10 bits per heavy atom. The van der Waals surface area contributed by atoms with Gasteiger partial charge in [0.05, 0.1) is 15.3 Å². The highest BCUT2D eigenvalue weighted by molar-refractivity contribution is 7.91. The number of aryl methyl sites for hydroxylation is 1. The zero-order valence-corrected chi connectivity index (χ0v) is 18.9. The van der Waals surface area contributed by atoms with Crippen molar-refractivity contribution in [1.29, 1.82) is 0 Å². The zero-order chi connectivity index (χ0) is 22.0. The van der Waals surface area contributed by atoms with Crippen LogP contribution in [-0.4, -0.2) is 56.1 Å². The highest BCUT2D eigenvalue weighted by atomic mass is 32.2. The fraction of sp³-hybridized carbons (Fsp3) is 0.364. The van der Waals surface area contributed by atoms with Crippen LogP contribution in [-0.2, 0) is 14.6 Å². The summed E-state index contributed by atoms with van der Waals surface area (Å²) in [7, 11) is -3.38. The van der Waals surface area contributed by atoms with Crippen LogP contribution in [0.4, 0.5) is 9.52 Å². The first-order valence-corrected chi connectivity index (χ1v) is 12.7. The van der Waals surface area contributed by atoms with E-state index in [1.807, 2.05) is 13.0 Å². The maximum absolute atomic E-state index is 13.9. The molecule has 2 aromatic carbocycles. The molecule has 31 heavy (non-hydrogen) atoms. The number of hydrogen-bond donors (Lipinski definition) is 0. The predicted octanol–water partition coefficient (Wildman–Crippen LogP) is 3.65. The van der Waals surface area contributed by atoms with E-state index in [0.29, 0.717) is 43.0 Å². The minimum atomic E-state index is -3.38. The summed E-state index contributed by atoms with van der Waals surface area (Å²) in [5.41, 5.74) is 1.39. The zero-order valence-electron chi connectivity index (χ0n) is 17.3. The highest BCUT2D eigenvalue weighted by Crippen LogP contribution is 2.30. The molecule has 0 N–H and O–H groups in total. The van der Waals surface area contributed by atoms with Crippen molar-refractivity contribution >= 4 is 42.4 Å². The molecule has 4 rings (SSSR count). The van der Waals surface area contributed by atoms with Crippen molar-refractivity contribution in [3.63, 3.8) is 0 Å². The molecule has 1 aromatic heterocycles. The molecule has 0 aliphatic carbocycles. The number of rotatable bonds is 6. The Labute approximate surface area is 185 Å². The summed E-state index contributed by atoms with van der Waals surface area (Å²) in [5.74, 6) is -0.400. The van der Waals surface area contributed by atoms with Crippen LogP contribution in [0.25, 0.3) is 10.2 Å². The molecule has 1 aliphatic heterocycles. The third-order valence-corrected chi connectivity index (χ3v) is 8.34. The van der Waals surface area contributed by atoms with Gasteiger partial charge in [0.2, 0.25) is 5.91 Å². The van der Waals surface area contributed by atoms with Gasteiger partial charge in [-0.25, -0.2) is 17.8 Å². The number of anilines is 1. The van der Waals surface area contributed by atoms with E-state index in [9.17, 15) is 17.6 Å². The summed E-state index contributed by atoms with van der Waals surface area (Å²) >= 11 is 1.45. The fourth-order valence-electron chi connectivity index (χ4n) is 3.62. The molecule has 0 saturated carbocycles. The lowest BCUT2D eigenvalue weighted by Crippen LogP contribution is -2.48. The second kappa shape index (κ2) is 8.92. The number of fused-ring (bicyclic) bond motifs is 1. The number of sulfone groups is 1. The molecule has 164 valence electrons. The molecular weight excluding hydrogens is 437 g/mol. The molecule has 0 atom stereocenters. The summed E-state index contributed by atoms with van der Waals surface area (Å²) in [6.07, 6.45) is 0.504. The van der Waals surface area contributed by atoms with Gasteiger partial charge in [0.1, 0.15) is 11.3 Å². The third kappa shape index (κ3) is 4.88. The molecule has 3 aromatic rings. The second-order valence-electron chi connectivity index (χ2n) is 7.69. The van der Waals surface area contributed by atoms with Gasteiger partial charge in [0.15, 0.2) is 15.0 Å². The van der Waals surface area contributed by atoms with Crippen LogP contribution >= 0.6 is 11.3 Å². The summed E-state index contributed by atoms with van der Waals surface area (Å²) in [5, 5.41) is 0.761. The number of carbonyl (C=O) groups is 1. The van der Waals surface area contributed by atoms with Gasteiger partial charge in [-0.05, 0) is 37.6 Å². The average Bonchev–Trinajstić information content (AvgIpc) is 3.20. The summed E-state index contributed by atoms with van der Waals surface area (Å²) in [6.45, 7) is 4.23. The number of amides is 1. The molecule has 2 heterocycles. The first-order chi connectivity index (χ1) is 14.8. The Kier molecular flexibility index (Phi) is 6.24. The Morgan fingerprint density at radius 3 is 2.48 bits per heavy atom. The van der Waals surface area contributed by atoms with Gasteiger partial charge in [0.25, 0.3) is 0 Å². The van der Waals surface area contributed by atoms with Gasteiger partial charge < -0.3 is 9.80 Å². The van der Waals surface area contributed by atoms with Gasteiger partial charge >= 0.3 is 0 Å². The van der Waals surface area contributed by atoms with E-state index < -0.39 is 9.84 Å². The van der Waals surface area contributed by atoms with Crippen molar-refractivity contribution in [2.24, 2.45) is 0 Å². The van der Waals surface area contributed by atoms with Crippen LogP contribution in [0, 0.1) is 12.7 Å². The van der Waals surface area contributed by atoms with E-state index in [4.69, 9.17) is 0 Å². The lowest BCUT2D eigenvalue weighted by atomic mass is 10.2. The van der Waals surface area contributed by atoms with Crippen LogP contribution in [0.3, 0.4) is 0 Å². The number of para-hydroxylation sites is 1. The molecule has 1 aliphatic rings. The Balaban J connectivity index is 1.28. The van der Waals surface area contributed by atoms with Gasteiger partial charge in [-0.2, -0.15) is 0 Å². The molecule has 0 radical (unpaired) electrons. The SMILES string of the molecule is Cc1ccc(S(=O)(=O)CCCC(=O)N2CCN(c3nc4c(F)cccc4s3)CC2)cc1. The molecule has 1 amide bonds. The lowest BCUT2D eigenvalue weighted by molar-refractivity contribution is -0.131. The molecule has 0 unspecified atom stereocenters. The molecule has 6 nitrogen and oxygen atoms in total. The number of aromatic nitrogens is 1. The van der Waals surface area contributed by atoms with E-state index in [1.54, 1.807) is 35.2 Å². The Morgan fingerprint density at radius 2 is 1.81 bits per heavy atom. The average molecular weight is 462 g/mol. The predicted molar refractivity (Wildman–Crippen MR) is 121 cm³/mol. The van der Waals surface area contributed by atoms with E-state index >= 15 is 0 Å². The maximum atomic E-state index is 13.9. The monoisotopic (exact) mass is 461 g/mol. The number of nitrogens with zero attached hydrogens (tertiary/aromatic N) is 3. The van der Waals surface area contributed by atoms with Crippen molar-refractivity contribution in [1.82, 2.24) is 9.88 Å². The molecule has 0 bridgehead atoms. The number of benzene rings is 2. The molecule has 0 spiro atoms. The van der Waals surface area contributed by atoms with Crippen LogP contribution in [0.2, 0.25) is 0 Å². The number of halogens is 1. The van der Waals surface area contributed by atoms with Crippen molar-refractivity contribution in [3.8, 4) is 0 Å². The van der Waals surface area contributed by atoms with Gasteiger partial charge in [-0.15, -0.1) is 0 Å². The van der Waals surface area contributed by atoms with Crippen LogP contribution in [0.1, 0.15) is 18.4 Å². The molecule has 9 heteroatoms. The van der Waals surface area contributed by atoms with Gasteiger partial charge in [-0.3, -0.25) is 4.79 Å². The van der Waals surface area contributed by atoms with Crippen LogP contribution < -0.4 is 4.90 Å². The molecular formula is C22H24FN3O3S2. The Bertz CT molecular complexity index is 1180. The van der Waals surface area contributed by atoms with Crippen LogP contribution in [0.5, 0.6) is 0 Å². The first kappa shape index (κ1) is 21.7. The molecule has 1 fully saturated rings. The summed E-state index contributed by atoms with van der Waals surface area (Å²) in [6, 6.07) is 11.7. The Hall–Kier alpha value is -2.52. The van der Waals surface area contributed by atoms with Crippen molar-refractivity contribution in [2.45, 2.75) is 24.7 Å². The van der Waals surface area contributed by atoms with E-state index in [1.165, 1.54) is 17.4 Å². The van der Waals surface area contributed by atoms with Crippen molar-refractivity contribution in [3.05, 3.63) is 53.8 Å². The van der Waals surface area contributed by atoms with Gasteiger partial charge in [0, 0.05) is 32.6 Å². The van der Waals surface area contributed by atoms with Crippen molar-refractivity contribution < 1.29 is 17.6 Å². The standard InChI is InChI=1S/C22H24FN3O3S2/c1-16-7-9-17(10-8-16)31(28,29)15-3-6-20(27)25-11-13-26(14-12-25)22-24-21-18(23)4-2-5-19(21)30-22/h2,4-5,7-10H,3,6,11-15H2,1H3. The third-order valence-electron chi connectivity index (χ3n) is 5.45. The minimum Gasteiger partial charge on any atom is -0.345 e. The van der Waals surface area contributed by atoms with E-state index in [0.717, 1.165) is 15.4 Å². The van der Waals surface area contributed by atoms with Crippen molar-refractivity contribution in [2.75, 3.05) is 36.8 Å². The first-order valence-electron chi connectivity index (χ1n) is 10.2. The number of hydrogen-bond acceptors (Lipinski definition) is 6. The summed E-state index contributed by atoms with van der Waals surface area (Å²) < 4.78 is 39.6. The topological polar surface area (TPSA) is 70.6 Å². The molecule has 1 saturated heterocycles. The van der Waals surface area contributed by atoms with Gasteiger partial charge in [-0.1, -0.05) is 35.1 Å². The number of piperazine rings is 1. The number of carbonyl (C=O) groups excluding carboxylic acids is 1. The van der Waals surface area contributed by atoms with E-state index in [-0.39, 0.29) is 23.9 Å². The largest absolute Gasteiger partial charge is 0.345 e. The fourth-order valence-corrected chi connectivity index (χ4v) is 5.96. The second-order valence-corrected chi connectivity index (χ2v) is 10.8. The smallest absolute Gasteiger partial charge is 0.222 e. The lowest BCUT2D eigenvalue weighted by Gasteiger charge is -2.34. The minimum absolute atomic E-state index is 0.0332. The quantitative estimate of drug-likeness (QED) is 0.561. The summed E-state index contributed by atoms with van der Waals surface area (Å²) in [4.78, 5) is 21.1. The highest BCUT2D eigenvalue weighted by Gasteiger charge is 2.24. The maximum Gasteiger partial charge on any atom is 0.222 e. The van der Waals surface area contributed by atoms with Crippen LogP contribution in [0.15, 0.2) is 47.4 Å².